The summed E-state index contributed by atoms with van der Waals surface area (Å²) in [6, 6.07) is 8.65. The number of aromatic nitrogens is 1. The highest BCUT2D eigenvalue weighted by Crippen LogP contribution is 2.21. The molecule has 0 saturated heterocycles. The second-order valence-electron chi connectivity index (χ2n) is 3.61. The maximum absolute atomic E-state index is 4.29. The molecule has 1 atom stereocenters. The van der Waals surface area contributed by atoms with Gasteiger partial charge in [-0.3, -0.25) is 0 Å². The number of hydrogen-bond donors (Lipinski definition) is 1. The number of aryl methyl sites for hydroxylation is 1. The molecule has 1 aromatic heterocycles. The minimum atomic E-state index is 0.270. The molecule has 0 fully saturated rings. The van der Waals surface area contributed by atoms with Gasteiger partial charge in [-0.25, -0.2) is 4.98 Å². The molecule has 15 heavy (non-hydrogen) atoms. The third-order valence-electron chi connectivity index (χ3n) is 2.22. The summed E-state index contributed by atoms with van der Waals surface area (Å²) in [4.78, 5) is 4.29. The summed E-state index contributed by atoms with van der Waals surface area (Å²) in [5, 5.41) is 6.56. The lowest BCUT2D eigenvalue weighted by Gasteiger charge is -2.12. The molecular formula is C12H14N2S. The lowest BCUT2D eigenvalue weighted by Crippen LogP contribution is -2.05. The summed E-state index contributed by atoms with van der Waals surface area (Å²) < 4.78 is 0. The fraction of sp³-hybridized carbons (Fsp3) is 0.250. The van der Waals surface area contributed by atoms with Gasteiger partial charge in [0.15, 0.2) is 0 Å². The summed E-state index contributed by atoms with van der Waals surface area (Å²) >= 11 is 1.68. The minimum Gasteiger partial charge on any atom is -0.376 e. The number of rotatable bonds is 3. The topological polar surface area (TPSA) is 24.9 Å². The van der Waals surface area contributed by atoms with Crippen molar-refractivity contribution in [1.29, 1.82) is 0 Å². The largest absolute Gasteiger partial charge is 0.376 e. The molecule has 0 unspecified atom stereocenters. The molecule has 0 spiro atoms. The van der Waals surface area contributed by atoms with E-state index < -0.39 is 0 Å². The van der Waals surface area contributed by atoms with Gasteiger partial charge in [-0.15, -0.1) is 11.3 Å². The molecule has 2 rings (SSSR count). The molecule has 0 aliphatic heterocycles. The molecular weight excluding hydrogens is 204 g/mol. The lowest BCUT2D eigenvalue weighted by atomic mass is 10.2. The van der Waals surface area contributed by atoms with Crippen molar-refractivity contribution >= 4 is 17.0 Å². The van der Waals surface area contributed by atoms with Gasteiger partial charge in [0.25, 0.3) is 0 Å². The average Bonchev–Trinajstić information content (AvgIpc) is 2.70. The van der Waals surface area contributed by atoms with Crippen LogP contribution in [0.5, 0.6) is 0 Å². The van der Waals surface area contributed by atoms with Gasteiger partial charge in [-0.05, 0) is 31.5 Å². The van der Waals surface area contributed by atoms with Crippen LogP contribution in [0.1, 0.15) is 23.5 Å². The smallest absolute Gasteiger partial charge is 0.115 e. The highest BCUT2D eigenvalue weighted by Gasteiger charge is 2.06. The Bertz CT molecular complexity index is 423. The first-order valence-corrected chi connectivity index (χ1v) is 5.86. The molecule has 2 nitrogen and oxygen atoms in total. The Hall–Kier alpha value is -1.35. The standard InChI is InChI=1S/C12H14N2S/c1-9-4-3-5-11(8-9)14-10(2)12-13-6-7-15-12/h3-8,10,14H,1-2H3/t10-/m0/s1. The van der Waals surface area contributed by atoms with E-state index in [2.05, 4.69) is 48.4 Å². The van der Waals surface area contributed by atoms with Gasteiger partial charge in [0, 0.05) is 17.3 Å². The van der Waals surface area contributed by atoms with E-state index in [-0.39, 0.29) is 6.04 Å². The second kappa shape index (κ2) is 4.45. The number of thiazole rings is 1. The summed E-state index contributed by atoms with van der Waals surface area (Å²) in [6.07, 6.45) is 1.84. The van der Waals surface area contributed by atoms with Crippen LogP contribution in [-0.4, -0.2) is 4.98 Å². The third kappa shape index (κ3) is 2.57. The quantitative estimate of drug-likeness (QED) is 0.851. The van der Waals surface area contributed by atoms with Crippen molar-refractivity contribution in [2.75, 3.05) is 5.32 Å². The normalized spacial score (nSPS) is 12.4. The van der Waals surface area contributed by atoms with E-state index in [4.69, 9.17) is 0 Å². The van der Waals surface area contributed by atoms with E-state index in [9.17, 15) is 0 Å². The van der Waals surface area contributed by atoms with Crippen LogP contribution in [0.25, 0.3) is 0 Å². The molecule has 0 aliphatic carbocycles. The van der Waals surface area contributed by atoms with Crippen LogP contribution in [0.2, 0.25) is 0 Å². The van der Waals surface area contributed by atoms with Crippen molar-refractivity contribution in [3.8, 4) is 0 Å². The molecule has 78 valence electrons. The predicted molar refractivity (Wildman–Crippen MR) is 65.3 cm³/mol. The molecule has 0 amide bonds. The van der Waals surface area contributed by atoms with Crippen LogP contribution in [0.4, 0.5) is 5.69 Å². The van der Waals surface area contributed by atoms with Gasteiger partial charge in [-0.2, -0.15) is 0 Å². The van der Waals surface area contributed by atoms with E-state index in [1.807, 2.05) is 11.6 Å². The minimum absolute atomic E-state index is 0.270. The zero-order chi connectivity index (χ0) is 10.7. The first kappa shape index (κ1) is 10.2. The van der Waals surface area contributed by atoms with E-state index in [0.717, 1.165) is 10.7 Å². The first-order valence-electron chi connectivity index (χ1n) is 4.98. The predicted octanol–water partition coefficient (Wildman–Crippen LogP) is 3.62. The molecule has 0 radical (unpaired) electrons. The Balaban J connectivity index is 2.09. The Morgan fingerprint density at radius 2 is 2.27 bits per heavy atom. The fourth-order valence-electron chi connectivity index (χ4n) is 1.49. The molecule has 1 heterocycles. The van der Waals surface area contributed by atoms with Crippen LogP contribution < -0.4 is 5.32 Å². The van der Waals surface area contributed by atoms with Crippen LogP contribution in [0.3, 0.4) is 0 Å². The van der Waals surface area contributed by atoms with Crippen molar-refractivity contribution in [2.45, 2.75) is 19.9 Å². The highest BCUT2D eigenvalue weighted by molar-refractivity contribution is 7.09. The van der Waals surface area contributed by atoms with Crippen molar-refractivity contribution in [2.24, 2.45) is 0 Å². The maximum atomic E-state index is 4.29. The van der Waals surface area contributed by atoms with Crippen molar-refractivity contribution in [1.82, 2.24) is 4.98 Å². The van der Waals surface area contributed by atoms with Crippen molar-refractivity contribution < 1.29 is 0 Å². The van der Waals surface area contributed by atoms with Gasteiger partial charge < -0.3 is 5.32 Å². The lowest BCUT2D eigenvalue weighted by molar-refractivity contribution is 0.869. The maximum Gasteiger partial charge on any atom is 0.115 e. The number of anilines is 1. The number of nitrogens with zero attached hydrogens (tertiary/aromatic N) is 1. The molecule has 0 aliphatic rings. The van der Waals surface area contributed by atoms with E-state index in [1.165, 1.54) is 5.56 Å². The Kier molecular flexibility index (Phi) is 3.02. The fourth-order valence-corrected chi connectivity index (χ4v) is 2.14. The molecule has 0 bridgehead atoms. The highest BCUT2D eigenvalue weighted by atomic mass is 32.1. The zero-order valence-electron chi connectivity index (χ0n) is 8.90. The van der Waals surface area contributed by atoms with Gasteiger partial charge in [0.2, 0.25) is 0 Å². The van der Waals surface area contributed by atoms with Crippen molar-refractivity contribution in [3.63, 3.8) is 0 Å². The van der Waals surface area contributed by atoms with Gasteiger partial charge in [0.05, 0.1) is 6.04 Å². The Morgan fingerprint density at radius 3 is 2.93 bits per heavy atom. The van der Waals surface area contributed by atoms with Crippen molar-refractivity contribution in [3.05, 3.63) is 46.4 Å². The van der Waals surface area contributed by atoms with E-state index in [1.54, 1.807) is 11.3 Å². The summed E-state index contributed by atoms with van der Waals surface area (Å²) in [6.45, 7) is 4.22. The SMILES string of the molecule is Cc1cccc(N[C@@H](C)c2nccs2)c1. The first-order chi connectivity index (χ1) is 7.25. The zero-order valence-corrected chi connectivity index (χ0v) is 9.71. The number of nitrogens with one attached hydrogen (secondary N) is 1. The molecule has 2 aromatic rings. The third-order valence-corrected chi connectivity index (χ3v) is 3.18. The number of benzene rings is 1. The summed E-state index contributed by atoms with van der Waals surface area (Å²) in [5.41, 5.74) is 2.42. The summed E-state index contributed by atoms with van der Waals surface area (Å²) in [5.74, 6) is 0. The van der Waals surface area contributed by atoms with Crippen LogP contribution >= 0.6 is 11.3 Å². The monoisotopic (exact) mass is 218 g/mol. The Labute approximate surface area is 94.0 Å². The van der Waals surface area contributed by atoms with Crippen LogP contribution in [-0.2, 0) is 0 Å². The van der Waals surface area contributed by atoms with Crippen LogP contribution in [0, 0.1) is 6.92 Å². The molecule has 0 saturated carbocycles. The Morgan fingerprint density at radius 1 is 1.40 bits per heavy atom. The molecule has 3 heteroatoms. The number of hydrogen-bond acceptors (Lipinski definition) is 3. The van der Waals surface area contributed by atoms with E-state index in [0.29, 0.717) is 0 Å². The van der Waals surface area contributed by atoms with Gasteiger partial charge in [0.1, 0.15) is 5.01 Å². The average molecular weight is 218 g/mol. The van der Waals surface area contributed by atoms with Gasteiger partial charge in [-0.1, -0.05) is 12.1 Å². The second-order valence-corrected chi connectivity index (χ2v) is 4.53. The van der Waals surface area contributed by atoms with E-state index >= 15 is 0 Å². The molecule has 1 aromatic carbocycles. The van der Waals surface area contributed by atoms with Crippen LogP contribution in [0.15, 0.2) is 35.8 Å². The molecule has 1 N–H and O–H groups in total. The van der Waals surface area contributed by atoms with Gasteiger partial charge >= 0.3 is 0 Å². The summed E-state index contributed by atoms with van der Waals surface area (Å²) in [7, 11) is 0.